The highest BCUT2D eigenvalue weighted by Crippen LogP contribution is 2.17. The van der Waals surface area contributed by atoms with Crippen LogP contribution in [0.25, 0.3) is 16.7 Å². The molecule has 1 aromatic carbocycles. The summed E-state index contributed by atoms with van der Waals surface area (Å²) >= 11 is 0. The van der Waals surface area contributed by atoms with Crippen LogP contribution in [0.1, 0.15) is 10.4 Å². The van der Waals surface area contributed by atoms with Crippen molar-refractivity contribution in [1.29, 1.82) is 0 Å². The van der Waals surface area contributed by atoms with Gasteiger partial charge in [0.05, 0.1) is 5.39 Å². The molecule has 0 atom stereocenters. The van der Waals surface area contributed by atoms with Crippen molar-refractivity contribution in [3.8, 4) is 11.4 Å². The zero-order valence-electron chi connectivity index (χ0n) is 11.2. The van der Waals surface area contributed by atoms with Crippen LogP contribution in [0.3, 0.4) is 0 Å². The van der Waals surface area contributed by atoms with Crippen LogP contribution in [0.15, 0.2) is 58.2 Å². The Balaban J connectivity index is 0.00000176. The fraction of sp³-hybridized carbons (Fsp3) is 0. The van der Waals surface area contributed by atoms with Gasteiger partial charge >= 0.3 is 0 Å². The van der Waals surface area contributed by atoms with Gasteiger partial charge < -0.3 is 27.7 Å². The maximum Gasteiger partial charge on any atom is 0.294 e. The number of amides is 1. The molecule has 2 aromatic heterocycles. The molecular weight excluding hydrogens is 308 g/mol. The van der Waals surface area contributed by atoms with Gasteiger partial charge in [-0.05, 0) is 18.2 Å². The third-order valence-electron chi connectivity index (χ3n) is 3.10. The molecule has 0 saturated carbocycles. The summed E-state index contributed by atoms with van der Waals surface area (Å²) in [6, 6.07) is 7.43. The van der Waals surface area contributed by atoms with E-state index in [0.29, 0.717) is 5.39 Å². The minimum Gasteiger partial charge on any atom is -1.00 e. The highest BCUT2D eigenvalue weighted by atomic mass is 35.5. The van der Waals surface area contributed by atoms with Gasteiger partial charge in [-0.2, -0.15) is 4.57 Å². The first-order valence-corrected chi connectivity index (χ1v) is 6.12. The highest BCUT2D eigenvalue weighted by Gasteiger charge is 2.17. The Kier molecular flexibility index (Phi) is 4.14. The molecule has 0 unspecified atom stereocenters. The Bertz CT molecular complexity index is 921. The van der Waals surface area contributed by atoms with Crippen molar-refractivity contribution in [3.63, 3.8) is 0 Å². The number of primary amides is 1. The van der Waals surface area contributed by atoms with Gasteiger partial charge in [0.1, 0.15) is 16.9 Å². The molecule has 0 aliphatic heterocycles. The van der Waals surface area contributed by atoms with Crippen LogP contribution >= 0.6 is 0 Å². The van der Waals surface area contributed by atoms with Crippen molar-refractivity contribution in [1.82, 2.24) is 0 Å². The second kappa shape index (κ2) is 5.87. The number of pyridine rings is 1. The second-order valence-electron chi connectivity index (χ2n) is 4.49. The second-order valence-corrected chi connectivity index (χ2v) is 4.49. The van der Waals surface area contributed by atoms with Gasteiger partial charge in [-0.3, -0.25) is 9.59 Å². The SMILES string of the molecule is NC(=O)c1ccc[n+](-c2coc3cc(O)ccc3c2=O)c1.[Cl-]. The number of rotatable bonds is 2. The molecule has 6 nitrogen and oxygen atoms in total. The summed E-state index contributed by atoms with van der Waals surface area (Å²) < 4.78 is 6.83. The van der Waals surface area contributed by atoms with Crippen molar-refractivity contribution in [2.75, 3.05) is 0 Å². The van der Waals surface area contributed by atoms with E-state index in [1.54, 1.807) is 18.3 Å². The zero-order chi connectivity index (χ0) is 15.0. The van der Waals surface area contributed by atoms with Gasteiger partial charge in [-0.25, -0.2) is 0 Å². The topological polar surface area (TPSA) is 97.4 Å². The lowest BCUT2D eigenvalue weighted by atomic mass is 10.2. The Morgan fingerprint density at radius 3 is 2.77 bits per heavy atom. The number of phenols is 1. The van der Waals surface area contributed by atoms with E-state index in [1.807, 2.05) is 0 Å². The van der Waals surface area contributed by atoms with Crippen molar-refractivity contribution in [3.05, 3.63) is 64.8 Å². The molecule has 1 amide bonds. The minimum atomic E-state index is -0.584. The molecule has 0 spiro atoms. The van der Waals surface area contributed by atoms with Gasteiger partial charge in [0.2, 0.25) is 0 Å². The standard InChI is InChI=1S/C15H10N2O4.ClH/c16-15(20)9-2-1-5-17(7-9)12-8-21-13-6-10(18)3-4-11(13)14(12)19;/h1-8H,(H2-,16,18,19,20);1H. The first kappa shape index (κ1) is 15.5. The van der Waals surface area contributed by atoms with Crippen molar-refractivity contribution >= 4 is 16.9 Å². The van der Waals surface area contributed by atoms with Gasteiger partial charge in [0, 0.05) is 12.1 Å². The number of aromatic hydroxyl groups is 1. The Hall–Kier alpha value is -2.86. The van der Waals surface area contributed by atoms with Crippen LogP contribution in [0.4, 0.5) is 0 Å². The summed E-state index contributed by atoms with van der Waals surface area (Å²) in [5.74, 6) is -0.568. The lowest BCUT2D eigenvalue weighted by molar-refractivity contribution is -0.597. The molecule has 0 aliphatic rings. The maximum atomic E-state index is 12.4. The number of hydrogen-bond acceptors (Lipinski definition) is 4. The smallest absolute Gasteiger partial charge is 0.294 e. The van der Waals surface area contributed by atoms with Gasteiger partial charge in [0.15, 0.2) is 18.7 Å². The normalized spacial score (nSPS) is 10.2. The van der Waals surface area contributed by atoms with Gasteiger partial charge in [-0.15, -0.1) is 0 Å². The van der Waals surface area contributed by atoms with Crippen molar-refractivity contribution in [2.45, 2.75) is 0 Å². The lowest BCUT2D eigenvalue weighted by Gasteiger charge is -2.00. The van der Waals surface area contributed by atoms with Crippen LogP contribution in [0, 0.1) is 0 Å². The Labute approximate surface area is 130 Å². The first-order chi connectivity index (χ1) is 10.1. The van der Waals surface area contributed by atoms with Crippen LogP contribution in [0.2, 0.25) is 0 Å². The number of hydrogen-bond donors (Lipinski definition) is 2. The fourth-order valence-corrected chi connectivity index (χ4v) is 2.06. The van der Waals surface area contributed by atoms with E-state index in [4.69, 9.17) is 10.2 Å². The summed E-state index contributed by atoms with van der Waals surface area (Å²) in [5.41, 5.74) is 5.76. The van der Waals surface area contributed by atoms with E-state index < -0.39 is 5.91 Å². The lowest BCUT2D eigenvalue weighted by Crippen LogP contribution is -3.00. The largest absolute Gasteiger partial charge is 1.00 e. The molecule has 3 rings (SSSR count). The highest BCUT2D eigenvalue weighted by molar-refractivity contribution is 5.92. The molecule has 0 fully saturated rings. The molecule has 0 saturated heterocycles. The van der Waals surface area contributed by atoms with E-state index in [1.165, 1.54) is 35.2 Å². The summed E-state index contributed by atoms with van der Waals surface area (Å²) in [5, 5.41) is 9.72. The zero-order valence-corrected chi connectivity index (χ0v) is 11.9. The van der Waals surface area contributed by atoms with E-state index >= 15 is 0 Å². The fourth-order valence-electron chi connectivity index (χ4n) is 2.06. The molecule has 3 aromatic rings. The molecule has 22 heavy (non-hydrogen) atoms. The quantitative estimate of drug-likeness (QED) is 0.528. The summed E-state index contributed by atoms with van der Waals surface area (Å²) in [4.78, 5) is 23.6. The molecule has 0 radical (unpaired) electrons. The number of benzene rings is 1. The van der Waals surface area contributed by atoms with E-state index in [2.05, 4.69) is 0 Å². The van der Waals surface area contributed by atoms with Crippen LogP contribution in [-0.2, 0) is 0 Å². The maximum absolute atomic E-state index is 12.4. The average molecular weight is 319 g/mol. The number of carbonyl (C=O) groups is 1. The Morgan fingerprint density at radius 1 is 1.27 bits per heavy atom. The first-order valence-electron chi connectivity index (χ1n) is 6.12. The number of phenolic OH excluding ortho intramolecular Hbond substituents is 1. The van der Waals surface area contributed by atoms with Crippen molar-refractivity contribution < 1.29 is 31.3 Å². The molecule has 3 N–H and O–H groups in total. The summed E-state index contributed by atoms with van der Waals surface area (Å²) in [7, 11) is 0. The number of aromatic nitrogens is 1. The Morgan fingerprint density at radius 2 is 2.05 bits per heavy atom. The van der Waals surface area contributed by atoms with Crippen LogP contribution < -0.4 is 28.1 Å². The number of fused-ring (bicyclic) bond motifs is 1. The third kappa shape index (κ3) is 2.64. The van der Waals surface area contributed by atoms with E-state index in [0.717, 1.165) is 0 Å². The van der Waals surface area contributed by atoms with E-state index in [-0.39, 0.29) is 40.4 Å². The predicted octanol–water partition coefficient (Wildman–Crippen LogP) is -2.12. The van der Waals surface area contributed by atoms with Gasteiger partial charge in [-0.1, -0.05) is 0 Å². The molecular formula is C15H11ClN2O4. The number of halogens is 1. The summed E-state index contributed by atoms with van der Waals surface area (Å²) in [6.45, 7) is 0. The molecule has 7 heteroatoms. The van der Waals surface area contributed by atoms with Crippen LogP contribution in [-0.4, -0.2) is 11.0 Å². The molecule has 2 heterocycles. The molecule has 0 bridgehead atoms. The third-order valence-corrected chi connectivity index (χ3v) is 3.10. The average Bonchev–Trinajstić information content (AvgIpc) is 2.47. The molecule has 0 aliphatic carbocycles. The predicted molar refractivity (Wildman–Crippen MR) is 74.2 cm³/mol. The molecule has 112 valence electrons. The van der Waals surface area contributed by atoms with Crippen molar-refractivity contribution in [2.24, 2.45) is 5.73 Å². The minimum absolute atomic E-state index is 0. The number of nitrogens with zero attached hydrogens (tertiary/aromatic N) is 1. The van der Waals surface area contributed by atoms with E-state index in [9.17, 15) is 14.7 Å². The number of nitrogens with two attached hydrogens (primary N) is 1. The summed E-state index contributed by atoms with van der Waals surface area (Å²) in [6.07, 6.45) is 4.35. The van der Waals surface area contributed by atoms with Gasteiger partial charge in [0.25, 0.3) is 17.0 Å². The van der Waals surface area contributed by atoms with Crippen LogP contribution in [0.5, 0.6) is 5.75 Å². The number of carbonyl (C=O) groups excluding carboxylic acids is 1. The monoisotopic (exact) mass is 318 g/mol.